The molecule has 2 aromatic carbocycles. The lowest BCUT2D eigenvalue weighted by Gasteiger charge is -2.12. The summed E-state index contributed by atoms with van der Waals surface area (Å²) in [6.45, 7) is 0.0112. The number of hydrogen-bond donors (Lipinski definition) is 2. The number of nitrogens with two attached hydrogens (primary N) is 1. The highest BCUT2D eigenvalue weighted by molar-refractivity contribution is 7.98. The summed E-state index contributed by atoms with van der Waals surface area (Å²) < 4.78 is 5.10. The van der Waals surface area contributed by atoms with Gasteiger partial charge >= 0.3 is 5.97 Å². The van der Waals surface area contributed by atoms with Crippen molar-refractivity contribution in [3.63, 3.8) is 0 Å². The van der Waals surface area contributed by atoms with Crippen LogP contribution in [0.5, 0.6) is 0 Å². The Morgan fingerprint density at radius 2 is 1.60 bits per heavy atom. The van der Waals surface area contributed by atoms with Crippen LogP contribution in [0.25, 0.3) is 0 Å². The lowest BCUT2D eigenvalue weighted by molar-refractivity contribution is -0.145. The molecule has 0 unspecified atom stereocenters. The Morgan fingerprint density at radius 1 is 1.00 bits per heavy atom. The van der Waals surface area contributed by atoms with Crippen molar-refractivity contribution in [1.29, 1.82) is 0 Å². The second-order valence-electron chi connectivity index (χ2n) is 5.47. The van der Waals surface area contributed by atoms with Crippen LogP contribution >= 0.6 is 11.8 Å². The number of carbonyl (C=O) groups excluding carboxylic acids is 2. The van der Waals surface area contributed by atoms with Crippen LogP contribution in [-0.4, -0.2) is 30.2 Å². The van der Waals surface area contributed by atoms with E-state index < -0.39 is 12.0 Å². The van der Waals surface area contributed by atoms with Crippen molar-refractivity contribution in [2.24, 2.45) is 5.73 Å². The van der Waals surface area contributed by atoms with Crippen molar-refractivity contribution < 1.29 is 14.3 Å². The summed E-state index contributed by atoms with van der Waals surface area (Å²) in [6.07, 6.45) is 0. The maximum Gasteiger partial charge on any atom is 0.325 e. The minimum Gasteiger partial charge on any atom is -0.460 e. The van der Waals surface area contributed by atoms with Crippen molar-refractivity contribution in [1.82, 2.24) is 5.32 Å². The molecule has 0 spiro atoms. The van der Waals surface area contributed by atoms with Crippen LogP contribution in [0.3, 0.4) is 0 Å². The van der Waals surface area contributed by atoms with Crippen molar-refractivity contribution in [3.05, 3.63) is 71.8 Å². The molecule has 5 nitrogen and oxygen atoms in total. The van der Waals surface area contributed by atoms with E-state index in [0.29, 0.717) is 5.75 Å². The highest BCUT2D eigenvalue weighted by atomic mass is 32.2. The Kier molecular flexibility index (Phi) is 8.01. The van der Waals surface area contributed by atoms with Gasteiger partial charge in [-0.2, -0.15) is 11.8 Å². The zero-order valence-corrected chi connectivity index (χ0v) is 14.7. The fourth-order valence-corrected chi connectivity index (χ4v) is 2.98. The normalized spacial score (nSPS) is 11.6. The monoisotopic (exact) mass is 358 g/mol. The Hall–Kier alpha value is -2.31. The van der Waals surface area contributed by atoms with Crippen LogP contribution in [0.4, 0.5) is 0 Å². The predicted molar refractivity (Wildman–Crippen MR) is 99.8 cm³/mol. The smallest absolute Gasteiger partial charge is 0.325 e. The maximum absolute atomic E-state index is 11.9. The zero-order valence-electron chi connectivity index (χ0n) is 13.9. The topological polar surface area (TPSA) is 81.4 Å². The van der Waals surface area contributed by atoms with Crippen LogP contribution in [0.1, 0.15) is 11.1 Å². The summed E-state index contributed by atoms with van der Waals surface area (Å²) in [5, 5.41) is 2.52. The third-order valence-corrected chi connectivity index (χ3v) is 4.53. The van der Waals surface area contributed by atoms with Crippen LogP contribution in [0, 0.1) is 0 Å². The van der Waals surface area contributed by atoms with Gasteiger partial charge in [-0.05, 0) is 11.1 Å². The molecule has 0 fully saturated rings. The van der Waals surface area contributed by atoms with Gasteiger partial charge in [-0.15, -0.1) is 0 Å². The molecule has 0 aromatic heterocycles. The quantitative estimate of drug-likeness (QED) is 0.671. The van der Waals surface area contributed by atoms with Gasteiger partial charge in [-0.1, -0.05) is 60.7 Å². The van der Waals surface area contributed by atoms with Crippen molar-refractivity contribution in [2.75, 3.05) is 12.3 Å². The first kappa shape index (κ1) is 19.0. The summed E-state index contributed by atoms with van der Waals surface area (Å²) in [5.74, 6) is 0.444. The van der Waals surface area contributed by atoms with Crippen molar-refractivity contribution in [3.8, 4) is 0 Å². The molecule has 3 N–H and O–H groups in total. The molecule has 0 saturated carbocycles. The molecule has 0 aliphatic rings. The molecule has 6 heteroatoms. The summed E-state index contributed by atoms with van der Waals surface area (Å²) in [7, 11) is 0. The van der Waals surface area contributed by atoms with E-state index in [4.69, 9.17) is 10.5 Å². The standard InChI is InChI=1S/C19H22N2O3S/c20-17(14-25-13-16-9-5-2-6-10-16)19(23)21-11-18(22)24-12-15-7-3-1-4-8-15/h1-10,17H,11-14,20H2,(H,21,23)/t17-/m0/s1. The van der Waals surface area contributed by atoms with Gasteiger partial charge < -0.3 is 15.8 Å². The summed E-state index contributed by atoms with van der Waals surface area (Å²) >= 11 is 1.58. The number of benzene rings is 2. The molecule has 132 valence electrons. The average Bonchev–Trinajstić information content (AvgIpc) is 2.66. The molecule has 2 rings (SSSR count). The summed E-state index contributed by atoms with van der Waals surface area (Å²) in [5.41, 5.74) is 7.93. The molecular formula is C19H22N2O3S. The first-order valence-corrected chi connectivity index (χ1v) is 9.15. The van der Waals surface area contributed by atoms with Crippen molar-refractivity contribution in [2.45, 2.75) is 18.4 Å². The molecule has 0 aliphatic heterocycles. The third kappa shape index (κ3) is 7.41. The fourth-order valence-electron chi connectivity index (χ4n) is 2.03. The van der Waals surface area contributed by atoms with E-state index in [1.54, 1.807) is 11.8 Å². The van der Waals surface area contributed by atoms with E-state index in [1.165, 1.54) is 5.56 Å². The van der Waals surface area contributed by atoms with Crippen molar-refractivity contribution >= 4 is 23.6 Å². The molecular weight excluding hydrogens is 336 g/mol. The van der Waals surface area contributed by atoms with E-state index >= 15 is 0 Å². The molecule has 0 radical (unpaired) electrons. The summed E-state index contributed by atoms with van der Waals surface area (Å²) in [4.78, 5) is 23.6. The minimum atomic E-state index is -0.657. The van der Waals surface area contributed by atoms with Gasteiger partial charge in [0, 0.05) is 11.5 Å². The molecule has 1 amide bonds. The second kappa shape index (κ2) is 10.5. The van der Waals surface area contributed by atoms with Gasteiger partial charge in [0.05, 0.1) is 6.04 Å². The number of thioether (sulfide) groups is 1. The van der Waals surface area contributed by atoms with Gasteiger partial charge in [-0.3, -0.25) is 9.59 Å². The Bertz CT molecular complexity index is 665. The molecule has 2 aromatic rings. The molecule has 1 atom stereocenters. The first-order valence-electron chi connectivity index (χ1n) is 7.99. The minimum absolute atomic E-state index is 0.178. The van der Waals surface area contributed by atoms with E-state index in [2.05, 4.69) is 5.32 Å². The Morgan fingerprint density at radius 3 is 2.24 bits per heavy atom. The number of hydrogen-bond acceptors (Lipinski definition) is 5. The van der Waals surface area contributed by atoms with Gasteiger partial charge in [0.15, 0.2) is 0 Å². The van der Waals surface area contributed by atoms with Crippen LogP contribution in [-0.2, 0) is 26.7 Å². The van der Waals surface area contributed by atoms with E-state index in [0.717, 1.165) is 11.3 Å². The third-order valence-electron chi connectivity index (χ3n) is 3.40. The Labute approximate surface area is 151 Å². The maximum atomic E-state index is 11.9. The zero-order chi connectivity index (χ0) is 17.9. The number of rotatable bonds is 9. The molecule has 0 bridgehead atoms. The predicted octanol–water partition coefficient (Wildman–Crippen LogP) is 2.11. The van der Waals surface area contributed by atoms with Gasteiger partial charge in [0.1, 0.15) is 13.2 Å². The van der Waals surface area contributed by atoms with E-state index in [-0.39, 0.29) is 19.1 Å². The lowest BCUT2D eigenvalue weighted by Crippen LogP contribution is -2.44. The SMILES string of the molecule is N[C@@H](CSCc1ccccc1)C(=O)NCC(=O)OCc1ccccc1. The average molecular weight is 358 g/mol. The number of ether oxygens (including phenoxy) is 1. The number of esters is 1. The van der Waals surface area contributed by atoms with Gasteiger partial charge in [0.2, 0.25) is 5.91 Å². The molecule has 0 aliphatic carbocycles. The second-order valence-corrected chi connectivity index (χ2v) is 6.50. The van der Waals surface area contributed by atoms with Crippen LogP contribution in [0.2, 0.25) is 0 Å². The van der Waals surface area contributed by atoms with E-state index in [9.17, 15) is 9.59 Å². The number of carbonyl (C=O) groups is 2. The fraction of sp³-hybridized carbons (Fsp3) is 0.263. The highest BCUT2D eigenvalue weighted by Gasteiger charge is 2.15. The lowest BCUT2D eigenvalue weighted by atomic mass is 10.2. The molecule has 25 heavy (non-hydrogen) atoms. The van der Waals surface area contributed by atoms with Crippen LogP contribution in [0.15, 0.2) is 60.7 Å². The molecule has 0 heterocycles. The molecule has 0 saturated heterocycles. The largest absolute Gasteiger partial charge is 0.460 e. The number of amides is 1. The van der Waals surface area contributed by atoms with Gasteiger partial charge in [-0.25, -0.2) is 0 Å². The van der Waals surface area contributed by atoms with E-state index in [1.807, 2.05) is 60.7 Å². The Balaban J connectivity index is 1.61. The highest BCUT2D eigenvalue weighted by Crippen LogP contribution is 2.12. The first-order chi connectivity index (χ1) is 12.1. The van der Waals surface area contributed by atoms with Crippen LogP contribution < -0.4 is 11.1 Å². The number of nitrogens with one attached hydrogen (secondary N) is 1. The van der Waals surface area contributed by atoms with Gasteiger partial charge in [0.25, 0.3) is 0 Å². The summed E-state index contributed by atoms with van der Waals surface area (Å²) in [6, 6.07) is 18.7.